The van der Waals surface area contributed by atoms with Gasteiger partial charge in [-0.2, -0.15) is 0 Å². The third-order valence-electron chi connectivity index (χ3n) is 3.76. The summed E-state index contributed by atoms with van der Waals surface area (Å²) < 4.78 is 13.5. The molecular formula is C19H21FN2O2. The number of anilines is 1. The molecule has 0 unspecified atom stereocenters. The van der Waals surface area contributed by atoms with Crippen molar-refractivity contribution in [1.29, 1.82) is 0 Å². The molecule has 2 rings (SSSR count). The number of hydrogen-bond donors (Lipinski definition) is 2. The Morgan fingerprint density at radius 3 is 2.25 bits per heavy atom. The number of aryl methyl sites for hydroxylation is 3. The van der Waals surface area contributed by atoms with Crippen molar-refractivity contribution in [3.63, 3.8) is 0 Å². The van der Waals surface area contributed by atoms with E-state index in [1.807, 2.05) is 32.9 Å². The van der Waals surface area contributed by atoms with E-state index >= 15 is 0 Å². The van der Waals surface area contributed by atoms with Gasteiger partial charge in [-0.1, -0.05) is 35.9 Å². The van der Waals surface area contributed by atoms with E-state index in [2.05, 4.69) is 10.6 Å². The minimum Gasteiger partial charge on any atom is -0.347 e. The predicted octanol–water partition coefficient (Wildman–Crippen LogP) is 3.05. The molecule has 0 aliphatic heterocycles. The van der Waals surface area contributed by atoms with Gasteiger partial charge < -0.3 is 10.6 Å². The summed E-state index contributed by atoms with van der Waals surface area (Å²) in [6.07, 6.45) is 0.328. The number of nitrogens with one attached hydrogen (secondary N) is 2. The van der Waals surface area contributed by atoms with E-state index < -0.39 is 11.8 Å². The summed E-state index contributed by atoms with van der Waals surface area (Å²) in [4.78, 5) is 23.9. The molecule has 24 heavy (non-hydrogen) atoms. The van der Waals surface area contributed by atoms with Crippen LogP contribution < -0.4 is 10.6 Å². The lowest BCUT2D eigenvalue weighted by Crippen LogP contribution is -2.36. The van der Waals surface area contributed by atoms with Crippen molar-refractivity contribution >= 4 is 17.5 Å². The number of carbonyl (C=O) groups is 2. The van der Waals surface area contributed by atoms with Crippen molar-refractivity contribution in [2.45, 2.75) is 27.2 Å². The van der Waals surface area contributed by atoms with Gasteiger partial charge in [0, 0.05) is 12.2 Å². The molecule has 2 aromatic carbocycles. The molecule has 0 saturated carbocycles. The molecule has 5 heteroatoms. The van der Waals surface area contributed by atoms with Gasteiger partial charge in [-0.05, 0) is 49.9 Å². The average molecular weight is 328 g/mol. The second kappa shape index (κ2) is 7.73. The third-order valence-corrected chi connectivity index (χ3v) is 3.76. The fourth-order valence-corrected chi connectivity index (χ4v) is 2.64. The smallest absolute Gasteiger partial charge is 0.313 e. The van der Waals surface area contributed by atoms with Crippen molar-refractivity contribution in [3.8, 4) is 0 Å². The maximum atomic E-state index is 13.5. The Morgan fingerprint density at radius 2 is 1.62 bits per heavy atom. The van der Waals surface area contributed by atoms with Crippen LogP contribution in [0.15, 0.2) is 36.4 Å². The van der Waals surface area contributed by atoms with Crippen LogP contribution in [0.4, 0.5) is 10.1 Å². The molecule has 2 N–H and O–H groups in total. The Balaban J connectivity index is 1.91. The van der Waals surface area contributed by atoms with Crippen LogP contribution >= 0.6 is 0 Å². The summed E-state index contributed by atoms with van der Waals surface area (Å²) >= 11 is 0. The van der Waals surface area contributed by atoms with Crippen LogP contribution in [0.2, 0.25) is 0 Å². The Kier molecular flexibility index (Phi) is 5.68. The predicted molar refractivity (Wildman–Crippen MR) is 92.4 cm³/mol. The van der Waals surface area contributed by atoms with Crippen molar-refractivity contribution < 1.29 is 14.0 Å². The van der Waals surface area contributed by atoms with Gasteiger partial charge in [0.25, 0.3) is 0 Å². The summed E-state index contributed by atoms with van der Waals surface area (Å²) in [5, 5.41) is 5.15. The molecule has 0 radical (unpaired) electrons. The van der Waals surface area contributed by atoms with Crippen LogP contribution in [-0.4, -0.2) is 18.4 Å². The van der Waals surface area contributed by atoms with Crippen LogP contribution in [0, 0.1) is 26.6 Å². The van der Waals surface area contributed by atoms with Gasteiger partial charge in [0.05, 0.1) is 0 Å². The molecule has 0 heterocycles. The van der Waals surface area contributed by atoms with Crippen molar-refractivity contribution in [3.05, 3.63) is 64.5 Å². The lowest BCUT2D eigenvalue weighted by molar-refractivity contribution is -0.136. The highest BCUT2D eigenvalue weighted by Gasteiger charge is 2.15. The molecule has 2 amide bonds. The van der Waals surface area contributed by atoms with E-state index in [-0.39, 0.29) is 12.4 Å². The lowest BCUT2D eigenvalue weighted by Gasteiger charge is -2.12. The Bertz CT molecular complexity index is 749. The Morgan fingerprint density at radius 1 is 1.00 bits per heavy atom. The van der Waals surface area contributed by atoms with Crippen LogP contribution in [0.5, 0.6) is 0 Å². The molecule has 4 nitrogen and oxygen atoms in total. The molecule has 0 atom stereocenters. The molecule has 126 valence electrons. The Hall–Kier alpha value is -2.69. The second-order valence-electron chi connectivity index (χ2n) is 5.83. The van der Waals surface area contributed by atoms with Crippen LogP contribution in [-0.2, 0) is 16.0 Å². The van der Waals surface area contributed by atoms with Gasteiger partial charge in [0.1, 0.15) is 5.82 Å². The first kappa shape index (κ1) is 17.7. The SMILES string of the molecule is Cc1cc(C)c(NC(=O)C(=O)NCCc2ccccc2F)c(C)c1. The summed E-state index contributed by atoms with van der Waals surface area (Å²) in [6, 6.07) is 10.2. The highest BCUT2D eigenvalue weighted by Crippen LogP contribution is 2.21. The first-order valence-corrected chi connectivity index (χ1v) is 7.79. The molecule has 2 aromatic rings. The Labute approximate surface area is 141 Å². The van der Waals surface area contributed by atoms with Gasteiger partial charge in [0.2, 0.25) is 0 Å². The van der Waals surface area contributed by atoms with Gasteiger partial charge in [-0.25, -0.2) is 4.39 Å². The summed E-state index contributed by atoms with van der Waals surface area (Å²) in [6.45, 7) is 5.93. The number of hydrogen-bond acceptors (Lipinski definition) is 2. The van der Waals surface area contributed by atoms with Crippen LogP contribution in [0.1, 0.15) is 22.3 Å². The zero-order valence-corrected chi connectivity index (χ0v) is 14.1. The van der Waals surface area contributed by atoms with Gasteiger partial charge >= 0.3 is 11.8 Å². The summed E-state index contributed by atoms with van der Waals surface area (Å²) in [7, 11) is 0. The highest BCUT2D eigenvalue weighted by atomic mass is 19.1. The molecule has 0 bridgehead atoms. The minimum absolute atomic E-state index is 0.194. The fourth-order valence-electron chi connectivity index (χ4n) is 2.64. The molecule has 0 fully saturated rings. The maximum absolute atomic E-state index is 13.5. The lowest BCUT2D eigenvalue weighted by atomic mass is 10.1. The number of carbonyl (C=O) groups excluding carboxylic acids is 2. The molecule has 0 aliphatic carbocycles. The van der Waals surface area contributed by atoms with E-state index in [0.717, 1.165) is 16.7 Å². The largest absolute Gasteiger partial charge is 0.347 e. The molecule has 0 saturated heterocycles. The third kappa shape index (κ3) is 4.41. The van der Waals surface area contributed by atoms with Crippen molar-refractivity contribution in [1.82, 2.24) is 5.32 Å². The van der Waals surface area contributed by atoms with Gasteiger partial charge in [-0.15, -0.1) is 0 Å². The molecule has 0 spiro atoms. The first-order valence-electron chi connectivity index (χ1n) is 7.79. The van der Waals surface area contributed by atoms with Crippen molar-refractivity contribution in [2.24, 2.45) is 0 Å². The van der Waals surface area contributed by atoms with Crippen molar-refractivity contribution in [2.75, 3.05) is 11.9 Å². The zero-order chi connectivity index (χ0) is 17.7. The fraction of sp³-hybridized carbons (Fsp3) is 0.263. The number of amides is 2. The standard InChI is InChI=1S/C19H21FN2O2/c1-12-10-13(2)17(14(3)11-12)22-19(24)18(23)21-9-8-15-6-4-5-7-16(15)20/h4-7,10-11H,8-9H2,1-3H3,(H,21,23)(H,22,24). The van der Waals surface area contributed by atoms with Gasteiger partial charge in [-0.3, -0.25) is 9.59 Å². The van der Waals surface area contributed by atoms with E-state index in [4.69, 9.17) is 0 Å². The monoisotopic (exact) mass is 328 g/mol. The summed E-state index contributed by atoms with van der Waals surface area (Å²) in [5.74, 6) is -1.77. The number of halogens is 1. The topological polar surface area (TPSA) is 58.2 Å². The molecular weight excluding hydrogens is 307 g/mol. The molecule has 0 aliphatic rings. The summed E-state index contributed by atoms with van der Waals surface area (Å²) in [5.41, 5.74) is 4.05. The van der Waals surface area contributed by atoms with E-state index in [1.165, 1.54) is 6.07 Å². The normalized spacial score (nSPS) is 10.3. The van der Waals surface area contributed by atoms with Crippen LogP contribution in [0.3, 0.4) is 0 Å². The first-order chi connectivity index (χ1) is 11.4. The highest BCUT2D eigenvalue weighted by molar-refractivity contribution is 6.39. The number of rotatable bonds is 4. The molecule has 0 aromatic heterocycles. The number of benzene rings is 2. The zero-order valence-electron chi connectivity index (χ0n) is 14.1. The average Bonchev–Trinajstić information content (AvgIpc) is 2.52. The van der Waals surface area contributed by atoms with E-state index in [9.17, 15) is 14.0 Å². The van der Waals surface area contributed by atoms with E-state index in [1.54, 1.807) is 18.2 Å². The van der Waals surface area contributed by atoms with Gasteiger partial charge in [0.15, 0.2) is 0 Å². The maximum Gasteiger partial charge on any atom is 0.313 e. The quantitative estimate of drug-likeness (QED) is 0.848. The second-order valence-corrected chi connectivity index (χ2v) is 5.83. The van der Waals surface area contributed by atoms with E-state index in [0.29, 0.717) is 17.7 Å². The minimum atomic E-state index is -0.731. The van der Waals surface area contributed by atoms with Crippen LogP contribution in [0.25, 0.3) is 0 Å².